The van der Waals surface area contributed by atoms with Gasteiger partial charge in [0.25, 0.3) is 0 Å². The van der Waals surface area contributed by atoms with Crippen LogP contribution in [0.2, 0.25) is 0 Å². The summed E-state index contributed by atoms with van der Waals surface area (Å²) in [5.74, 6) is 1.47. The molecule has 0 spiro atoms. The second-order valence-electron chi connectivity index (χ2n) is 8.96. The molecule has 2 aliphatic carbocycles. The van der Waals surface area contributed by atoms with Gasteiger partial charge < -0.3 is 10.1 Å². The van der Waals surface area contributed by atoms with E-state index in [0.717, 1.165) is 51.6 Å². The topological polar surface area (TPSA) is 41.6 Å². The number of ether oxygens (including phenoxy) is 1. The summed E-state index contributed by atoms with van der Waals surface area (Å²) in [6, 6.07) is 0. The Balaban J connectivity index is 1.48. The van der Waals surface area contributed by atoms with E-state index in [0.29, 0.717) is 5.91 Å². The van der Waals surface area contributed by atoms with Crippen molar-refractivity contribution >= 4 is 5.91 Å². The Bertz CT molecular complexity index is 420. The van der Waals surface area contributed by atoms with Crippen LogP contribution >= 0.6 is 0 Å². The molecule has 1 heterocycles. The first-order valence-corrected chi connectivity index (χ1v) is 11.3. The highest BCUT2D eigenvalue weighted by atomic mass is 16.5. The minimum absolute atomic E-state index is 0.190. The average molecular weight is 365 g/mol. The maximum absolute atomic E-state index is 12.8. The van der Waals surface area contributed by atoms with Gasteiger partial charge in [-0.2, -0.15) is 0 Å². The molecule has 0 aromatic heterocycles. The van der Waals surface area contributed by atoms with Crippen molar-refractivity contribution in [1.82, 2.24) is 10.2 Å². The average Bonchev–Trinajstić information content (AvgIpc) is 2.72. The maximum atomic E-state index is 12.8. The third-order valence-electron chi connectivity index (χ3n) is 7.24. The molecule has 0 aromatic carbocycles. The molecule has 1 aliphatic heterocycles. The number of amides is 1. The van der Waals surface area contributed by atoms with Gasteiger partial charge in [-0.3, -0.25) is 9.69 Å². The van der Waals surface area contributed by atoms with Gasteiger partial charge in [-0.05, 0) is 44.4 Å². The molecule has 1 amide bonds. The fourth-order valence-corrected chi connectivity index (χ4v) is 5.45. The number of nitrogens with one attached hydrogen (secondary N) is 1. The Hall–Kier alpha value is -0.610. The van der Waals surface area contributed by atoms with E-state index in [2.05, 4.69) is 17.1 Å². The highest BCUT2D eigenvalue weighted by Crippen LogP contribution is 2.35. The molecule has 150 valence electrons. The third kappa shape index (κ3) is 5.22. The lowest BCUT2D eigenvalue weighted by Crippen LogP contribution is -2.60. The van der Waals surface area contributed by atoms with Crippen LogP contribution in [0.5, 0.6) is 0 Å². The Morgan fingerprint density at radius 3 is 2.42 bits per heavy atom. The van der Waals surface area contributed by atoms with Crippen molar-refractivity contribution < 1.29 is 9.53 Å². The molecule has 2 saturated carbocycles. The van der Waals surface area contributed by atoms with E-state index in [4.69, 9.17) is 4.74 Å². The molecule has 0 unspecified atom stereocenters. The second kappa shape index (κ2) is 10.1. The molecule has 4 nitrogen and oxygen atoms in total. The first-order valence-electron chi connectivity index (χ1n) is 11.3. The smallest absolute Gasteiger partial charge is 0.223 e. The van der Waals surface area contributed by atoms with Crippen LogP contribution in [0.4, 0.5) is 0 Å². The van der Waals surface area contributed by atoms with Crippen molar-refractivity contribution in [2.24, 2.45) is 11.8 Å². The molecular weight excluding hydrogens is 324 g/mol. The molecule has 1 N–H and O–H groups in total. The van der Waals surface area contributed by atoms with E-state index >= 15 is 0 Å². The molecule has 3 aliphatic rings. The number of hydrogen-bond acceptors (Lipinski definition) is 3. The van der Waals surface area contributed by atoms with E-state index in [1.165, 1.54) is 64.2 Å². The number of hydrogen-bond donors (Lipinski definition) is 1. The van der Waals surface area contributed by atoms with Gasteiger partial charge >= 0.3 is 0 Å². The Kier molecular flexibility index (Phi) is 7.80. The van der Waals surface area contributed by atoms with Crippen molar-refractivity contribution in [2.45, 2.75) is 89.5 Å². The van der Waals surface area contributed by atoms with Gasteiger partial charge in [-0.15, -0.1) is 0 Å². The van der Waals surface area contributed by atoms with Crippen LogP contribution in [-0.4, -0.2) is 49.2 Å². The summed E-state index contributed by atoms with van der Waals surface area (Å²) >= 11 is 0. The van der Waals surface area contributed by atoms with Crippen LogP contribution < -0.4 is 5.32 Å². The molecule has 0 aromatic rings. The fourth-order valence-electron chi connectivity index (χ4n) is 5.45. The van der Waals surface area contributed by atoms with Gasteiger partial charge in [-0.1, -0.05) is 45.4 Å². The standard InChI is InChI=1S/C22H40N2O2/c1-2-3-7-19-8-10-20(11-9-19)21(25)23-18-22(12-5-4-6-13-22)24-14-16-26-17-15-24/h19-20H,2-18H2,1H3,(H,23,25). The SMILES string of the molecule is CCCCC1CCC(C(=O)NCC2(N3CCOCC3)CCCCC2)CC1. The minimum Gasteiger partial charge on any atom is -0.379 e. The molecule has 0 radical (unpaired) electrons. The Labute approximate surface area is 160 Å². The molecule has 3 rings (SSSR count). The summed E-state index contributed by atoms with van der Waals surface area (Å²) in [7, 11) is 0. The zero-order valence-electron chi connectivity index (χ0n) is 16.9. The van der Waals surface area contributed by atoms with Crippen molar-refractivity contribution in [2.75, 3.05) is 32.8 Å². The van der Waals surface area contributed by atoms with E-state index < -0.39 is 0 Å². The van der Waals surface area contributed by atoms with Crippen molar-refractivity contribution in [3.8, 4) is 0 Å². The van der Waals surface area contributed by atoms with E-state index in [9.17, 15) is 4.79 Å². The fraction of sp³-hybridized carbons (Fsp3) is 0.955. The largest absolute Gasteiger partial charge is 0.379 e. The monoisotopic (exact) mass is 364 g/mol. The van der Waals surface area contributed by atoms with E-state index in [1.54, 1.807) is 0 Å². The lowest BCUT2D eigenvalue weighted by atomic mass is 9.78. The van der Waals surface area contributed by atoms with Gasteiger partial charge in [0.2, 0.25) is 5.91 Å². The number of carbonyl (C=O) groups excluding carboxylic acids is 1. The van der Waals surface area contributed by atoms with E-state index in [1.807, 2.05) is 0 Å². The van der Waals surface area contributed by atoms with Crippen LogP contribution in [0.3, 0.4) is 0 Å². The normalized spacial score (nSPS) is 30.0. The quantitative estimate of drug-likeness (QED) is 0.738. The molecule has 1 saturated heterocycles. The highest BCUT2D eigenvalue weighted by molar-refractivity contribution is 5.78. The molecule has 4 heteroatoms. The summed E-state index contributed by atoms with van der Waals surface area (Å²) in [6.07, 6.45) is 15.1. The summed E-state index contributed by atoms with van der Waals surface area (Å²) in [6.45, 7) is 6.86. The summed E-state index contributed by atoms with van der Waals surface area (Å²) in [5, 5.41) is 3.40. The lowest BCUT2D eigenvalue weighted by Gasteiger charge is -2.48. The lowest BCUT2D eigenvalue weighted by molar-refractivity contribution is -0.127. The van der Waals surface area contributed by atoms with Gasteiger partial charge in [0.1, 0.15) is 0 Å². The van der Waals surface area contributed by atoms with Crippen molar-refractivity contribution in [3.63, 3.8) is 0 Å². The number of carbonyl (C=O) groups is 1. The molecule has 0 atom stereocenters. The van der Waals surface area contributed by atoms with Crippen LogP contribution in [-0.2, 0) is 9.53 Å². The van der Waals surface area contributed by atoms with Crippen molar-refractivity contribution in [1.29, 1.82) is 0 Å². The maximum Gasteiger partial charge on any atom is 0.223 e. The molecule has 26 heavy (non-hydrogen) atoms. The first-order chi connectivity index (χ1) is 12.7. The molecule has 3 fully saturated rings. The van der Waals surface area contributed by atoms with Crippen molar-refractivity contribution in [3.05, 3.63) is 0 Å². The first kappa shape index (κ1) is 20.1. The predicted octanol–water partition coefficient (Wildman–Crippen LogP) is 4.13. The van der Waals surface area contributed by atoms with Gasteiger partial charge in [-0.25, -0.2) is 0 Å². The Morgan fingerprint density at radius 2 is 1.77 bits per heavy atom. The third-order valence-corrected chi connectivity index (χ3v) is 7.24. The number of morpholine rings is 1. The molecule has 0 bridgehead atoms. The number of nitrogens with zero attached hydrogens (tertiary/aromatic N) is 1. The molecular formula is C22H40N2O2. The summed E-state index contributed by atoms with van der Waals surface area (Å²) < 4.78 is 5.57. The summed E-state index contributed by atoms with van der Waals surface area (Å²) in [4.78, 5) is 15.5. The Morgan fingerprint density at radius 1 is 1.08 bits per heavy atom. The second-order valence-corrected chi connectivity index (χ2v) is 8.96. The zero-order chi connectivity index (χ0) is 18.2. The summed E-state index contributed by atoms with van der Waals surface area (Å²) in [5.41, 5.74) is 0.190. The van der Waals surface area contributed by atoms with Gasteiger partial charge in [0.05, 0.1) is 13.2 Å². The van der Waals surface area contributed by atoms with Gasteiger partial charge in [0.15, 0.2) is 0 Å². The number of rotatable bonds is 7. The predicted molar refractivity (Wildman–Crippen MR) is 106 cm³/mol. The minimum atomic E-state index is 0.190. The van der Waals surface area contributed by atoms with Crippen LogP contribution in [0, 0.1) is 11.8 Å². The van der Waals surface area contributed by atoms with Gasteiger partial charge in [0, 0.05) is 31.1 Å². The zero-order valence-corrected chi connectivity index (χ0v) is 16.9. The van der Waals surface area contributed by atoms with E-state index in [-0.39, 0.29) is 11.5 Å². The number of unbranched alkanes of at least 4 members (excludes halogenated alkanes) is 1. The van der Waals surface area contributed by atoms with Crippen LogP contribution in [0.15, 0.2) is 0 Å². The van der Waals surface area contributed by atoms with Crippen LogP contribution in [0.1, 0.15) is 84.0 Å². The van der Waals surface area contributed by atoms with Crippen LogP contribution in [0.25, 0.3) is 0 Å². The highest BCUT2D eigenvalue weighted by Gasteiger charge is 2.39.